The normalized spacial score (nSPS) is 23.7. The highest BCUT2D eigenvalue weighted by Gasteiger charge is 2.29. The molecule has 2 atom stereocenters. The van der Waals surface area contributed by atoms with E-state index in [0.717, 1.165) is 25.9 Å². The van der Waals surface area contributed by atoms with Crippen LogP contribution in [-0.4, -0.2) is 30.1 Å². The quantitative estimate of drug-likeness (QED) is 0.893. The first-order valence-electron chi connectivity index (χ1n) is 7.93. The Labute approximate surface area is 126 Å². The molecule has 0 saturated carbocycles. The minimum Gasteiger partial charge on any atom is -0.311 e. The van der Waals surface area contributed by atoms with E-state index >= 15 is 0 Å². The van der Waals surface area contributed by atoms with Gasteiger partial charge in [-0.2, -0.15) is 0 Å². The van der Waals surface area contributed by atoms with Gasteiger partial charge in [-0.05, 0) is 18.4 Å². The fourth-order valence-corrected chi connectivity index (χ4v) is 3.03. The minimum atomic E-state index is -0.755. The number of nitrogens with zero attached hydrogens (tertiary/aromatic N) is 1. The lowest BCUT2D eigenvalue weighted by molar-refractivity contribution is 0.0983. The van der Waals surface area contributed by atoms with E-state index in [1.54, 1.807) is 12.1 Å². The highest BCUT2D eigenvalue weighted by molar-refractivity contribution is 5.19. The molecule has 21 heavy (non-hydrogen) atoms. The lowest BCUT2D eigenvalue weighted by Gasteiger charge is -2.42. The molecule has 0 radical (unpaired) electrons. The van der Waals surface area contributed by atoms with Crippen LogP contribution < -0.4 is 5.32 Å². The second-order valence-electron chi connectivity index (χ2n) is 6.34. The lowest BCUT2D eigenvalue weighted by Crippen LogP contribution is -2.57. The van der Waals surface area contributed by atoms with Gasteiger partial charge in [0, 0.05) is 37.3 Å². The van der Waals surface area contributed by atoms with Crippen LogP contribution in [0.4, 0.5) is 8.78 Å². The van der Waals surface area contributed by atoms with Gasteiger partial charge in [-0.1, -0.05) is 39.3 Å². The van der Waals surface area contributed by atoms with Gasteiger partial charge >= 0.3 is 0 Å². The van der Waals surface area contributed by atoms with Crippen LogP contribution in [0.1, 0.15) is 39.2 Å². The molecule has 118 valence electrons. The van der Waals surface area contributed by atoms with E-state index < -0.39 is 11.6 Å². The lowest BCUT2D eigenvalue weighted by atomic mass is 9.97. The first-order chi connectivity index (χ1) is 10.0. The fourth-order valence-electron chi connectivity index (χ4n) is 3.03. The summed E-state index contributed by atoms with van der Waals surface area (Å²) < 4.78 is 27.3. The second kappa shape index (κ2) is 7.32. The molecule has 1 aliphatic heterocycles. The van der Waals surface area contributed by atoms with Crippen molar-refractivity contribution >= 4 is 0 Å². The van der Waals surface area contributed by atoms with Crippen molar-refractivity contribution in [2.75, 3.05) is 13.1 Å². The van der Waals surface area contributed by atoms with Crippen LogP contribution in [0.5, 0.6) is 0 Å². The third-order valence-electron chi connectivity index (χ3n) is 4.39. The molecule has 0 aromatic heterocycles. The van der Waals surface area contributed by atoms with Gasteiger partial charge in [0.15, 0.2) is 11.6 Å². The Morgan fingerprint density at radius 1 is 1.33 bits per heavy atom. The number of piperazine rings is 1. The molecule has 0 amide bonds. The Morgan fingerprint density at radius 2 is 2.10 bits per heavy atom. The van der Waals surface area contributed by atoms with E-state index in [0.29, 0.717) is 30.1 Å². The molecule has 1 heterocycles. The van der Waals surface area contributed by atoms with Gasteiger partial charge in [-0.25, -0.2) is 8.78 Å². The first-order valence-corrected chi connectivity index (χ1v) is 7.93. The molecule has 1 fully saturated rings. The third-order valence-corrected chi connectivity index (χ3v) is 4.39. The van der Waals surface area contributed by atoms with Gasteiger partial charge in [0.1, 0.15) is 0 Å². The van der Waals surface area contributed by atoms with Crippen molar-refractivity contribution in [1.29, 1.82) is 0 Å². The molecular formula is C17H26F2N2. The van der Waals surface area contributed by atoms with Crippen LogP contribution in [0.15, 0.2) is 18.2 Å². The number of hydrogen-bond donors (Lipinski definition) is 1. The van der Waals surface area contributed by atoms with Gasteiger partial charge in [0.05, 0.1) is 0 Å². The van der Waals surface area contributed by atoms with Crippen LogP contribution in [0.2, 0.25) is 0 Å². The molecule has 0 spiro atoms. The monoisotopic (exact) mass is 296 g/mol. The standard InChI is InChI=1S/C17H26F2N2/c1-4-6-14-9-20-16(12(2)3)11-21(14)10-13-7-5-8-15(18)17(13)19/h5,7-8,12,14,16,20H,4,6,9-11H2,1-3H3. The van der Waals surface area contributed by atoms with E-state index in [-0.39, 0.29) is 0 Å². The smallest absolute Gasteiger partial charge is 0.163 e. The highest BCUT2D eigenvalue weighted by Crippen LogP contribution is 2.21. The zero-order valence-electron chi connectivity index (χ0n) is 13.2. The number of nitrogens with one attached hydrogen (secondary N) is 1. The average molecular weight is 296 g/mol. The maximum atomic E-state index is 13.9. The Bertz CT molecular complexity index is 462. The summed E-state index contributed by atoms with van der Waals surface area (Å²) in [5.41, 5.74) is 0.459. The Balaban J connectivity index is 2.13. The molecule has 4 heteroatoms. The van der Waals surface area contributed by atoms with Crippen molar-refractivity contribution in [2.24, 2.45) is 5.92 Å². The maximum absolute atomic E-state index is 13.9. The molecule has 0 bridgehead atoms. The average Bonchev–Trinajstić information content (AvgIpc) is 2.45. The number of halogens is 2. The molecule has 2 nitrogen and oxygen atoms in total. The van der Waals surface area contributed by atoms with Crippen LogP contribution in [-0.2, 0) is 6.54 Å². The summed E-state index contributed by atoms with van der Waals surface area (Å²) in [5.74, 6) is -0.921. The van der Waals surface area contributed by atoms with Crippen molar-refractivity contribution < 1.29 is 8.78 Å². The molecular weight excluding hydrogens is 270 g/mol. The highest BCUT2D eigenvalue weighted by atomic mass is 19.2. The van der Waals surface area contributed by atoms with Crippen molar-refractivity contribution in [3.63, 3.8) is 0 Å². The van der Waals surface area contributed by atoms with Crippen LogP contribution in [0.3, 0.4) is 0 Å². The van der Waals surface area contributed by atoms with Crippen LogP contribution in [0.25, 0.3) is 0 Å². The Morgan fingerprint density at radius 3 is 2.76 bits per heavy atom. The molecule has 2 rings (SSSR count). The van der Waals surface area contributed by atoms with Crippen molar-refractivity contribution in [2.45, 2.75) is 52.2 Å². The number of rotatable bonds is 5. The van der Waals surface area contributed by atoms with E-state index in [9.17, 15) is 8.78 Å². The molecule has 1 aliphatic rings. The summed E-state index contributed by atoms with van der Waals surface area (Å²) in [6.45, 7) is 8.85. The zero-order chi connectivity index (χ0) is 15.4. The van der Waals surface area contributed by atoms with E-state index in [1.165, 1.54) is 6.07 Å². The van der Waals surface area contributed by atoms with Crippen LogP contribution in [0, 0.1) is 17.6 Å². The molecule has 1 aromatic rings. The van der Waals surface area contributed by atoms with E-state index in [2.05, 4.69) is 31.0 Å². The van der Waals surface area contributed by atoms with E-state index in [1.807, 2.05) is 0 Å². The predicted molar refractivity (Wildman–Crippen MR) is 82.1 cm³/mol. The number of hydrogen-bond acceptors (Lipinski definition) is 2. The topological polar surface area (TPSA) is 15.3 Å². The summed E-state index contributed by atoms with van der Waals surface area (Å²) in [6, 6.07) is 5.26. The molecule has 2 unspecified atom stereocenters. The van der Waals surface area contributed by atoms with Crippen molar-refractivity contribution in [3.05, 3.63) is 35.4 Å². The zero-order valence-corrected chi connectivity index (χ0v) is 13.2. The summed E-state index contributed by atoms with van der Waals surface area (Å²) in [5, 5.41) is 3.59. The summed E-state index contributed by atoms with van der Waals surface area (Å²) in [4.78, 5) is 2.31. The Hall–Kier alpha value is -1.00. The molecule has 1 saturated heterocycles. The first kappa shape index (κ1) is 16.4. The van der Waals surface area contributed by atoms with Crippen LogP contribution >= 0.6 is 0 Å². The van der Waals surface area contributed by atoms with Gasteiger partial charge in [-0.3, -0.25) is 4.90 Å². The van der Waals surface area contributed by atoms with E-state index in [4.69, 9.17) is 0 Å². The number of benzene rings is 1. The molecule has 1 aromatic carbocycles. The van der Waals surface area contributed by atoms with Gasteiger partial charge < -0.3 is 5.32 Å². The largest absolute Gasteiger partial charge is 0.311 e. The third kappa shape index (κ3) is 4.01. The maximum Gasteiger partial charge on any atom is 0.163 e. The SMILES string of the molecule is CCCC1CNC(C(C)C)CN1Cc1cccc(F)c1F. The summed E-state index contributed by atoms with van der Waals surface area (Å²) in [6.07, 6.45) is 2.18. The van der Waals surface area contributed by atoms with Gasteiger partial charge in [0.25, 0.3) is 0 Å². The molecule has 1 N–H and O–H groups in total. The van der Waals surface area contributed by atoms with Gasteiger partial charge in [-0.15, -0.1) is 0 Å². The minimum absolute atomic E-state index is 0.396. The second-order valence-corrected chi connectivity index (χ2v) is 6.34. The Kier molecular flexibility index (Phi) is 5.71. The van der Waals surface area contributed by atoms with Crippen molar-refractivity contribution in [3.8, 4) is 0 Å². The van der Waals surface area contributed by atoms with Gasteiger partial charge in [0.2, 0.25) is 0 Å². The fraction of sp³-hybridized carbons (Fsp3) is 0.647. The molecule has 0 aliphatic carbocycles. The summed E-state index contributed by atoms with van der Waals surface area (Å²) >= 11 is 0. The van der Waals surface area contributed by atoms with Crippen molar-refractivity contribution in [1.82, 2.24) is 10.2 Å². The predicted octanol–water partition coefficient (Wildman–Crippen LogP) is 3.56. The summed E-state index contributed by atoms with van der Waals surface area (Å²) in [7, 11) is 0.